The highest BCUT2D eigenvalue weighted by Crippen LogP contribution is 2.28. The van der Waals surface area contributed by atoms with Crippen molar-refractivity contribution in [1.82, 2.24) is 19.9 Å². The van der Waals surface area contributed by atoms with Gasteiger partial charge in [-0.25, -0.2) is 9.78 Å². The number of fused-ring (bicyclic) bond motifs is 1. The van der Waals surface area contributed by atoms with Crippen LogP contribution in [0.5, 0.6) is 0 Å². The van der Waals surface area contributed by atoms with Crippen molar-refractivity contribution in [3.63, 3.8) is 0 Å². The Kier molecular flexibility index (Phi) is 4.82. The van der Waals surface area contributed by atoms with Gasteiger partial charge >= 0.3 is 6.09 Å². The van der Waals surface area contributed by atoms with Crippen LogP contribution < -0.4 is 5.32 Å². The normalized spacial score (nSPS) is 15.0. The van der Waals surface area contributed by atoms with Crippen molar-refractivity contribution in [3.05, 3.63) is 49.1 Å². The quantitative estimate of drug-likeness (QED) is 0.737. The van der Waals surface area contributed by atoms with E-state index in [9.17, 15) is 4.79 Å². The third-order valence-electron chi connectivity index (χ3n) is 5.05. The molecule has 1 fully saturated rings. The van der Waals surface area contributed by atoms with Crippen molar-refractivity contribution in [2.45, 2.75) is 12.8 Å². The standard InChI is InChI=1S/C20H21N5O2/c26-20(27)25-9-4-14(5-10-25)12-23-19-17-3-8-22-13-16(17)11-18(24-19)15-1-6-21-7-2-15/h1-3,6-8,11,13-14H,4-5,9-10,12H2,(H,23,24)(H,26,27). The predicted octanol–water partition coefficient (Wildman–Crippen LogP) is 3.49. The Morgan fingerprint density at radius 1 is 1.15 bits per heavy atom. The molecular weight excluding hydrogens is 342 g/mol. The van der Waals surface area contributed by atoms with Gasteiger partial charge < -0.3 is 15.3 Å². The number of piperidine rings is 1. The second-order valence-corrected chi connectivity index (χ2v) is 6.78. The molecule has 0 aliphatic carbocycles. The predicted molar refractivity (Wildman–Crippen MR) is 104 cm³/mol. The lowest BCUT2D eigenvalue weighted by molar-refractivity contribution is 0.126. The zero-order chi connectivity index (χ0) is 18.6. The Hall–Kier alpha value is -3.22. The molecule has 0 bridgehead atoms. The summed E-state index contributed by atoms with van der Waals surface area (Å²) in [5, 5.41) is 14.6. The highest BCUT2D eigenvalue weighted by Gasteiger charge is 2.22. The molecule has 4 heterocycles. The van der Waals surface area contributed by atoms with Gasteiger partial charge in [0, 0.05) is 60.8 Å². The number of amides is 1. The molecule has 138 valence electrons. The molecule has 1 aliphatic heterocycles. The Balaban J connectivity index is 1.55. The molecule has 0 atom stereocenters. The number of aromatic nitrogens is 3. The SMILES string of the molecule is O=C(O)N1CCC(CNc2nc(-c3ccncc3)cc3cnccc23)CC1. The van der Waals surface area contributed by atoms with Crippen LogP contribution in [0.15, 0.2) is 49.1 Å². The smallest absolute Gasteiger partial charge is 0.407 e. The first-order valence-corrected chi connectivity index (χ1v) is 9.07. The van der Waals surface area contributed by atoms with Gasteiger partial charge in [-0.3, -0.25) is 9.97 Å². The Morgan fingerprint density at radius 2 is 1.89 bits per heavy atom. The number of hydrogen-bond donors (Lipinski definition) is 2. The molecule has 1 amide bonds. The number of pyridine rings is 3. The van der Waals surface area contributed by atoms with Crippen molar-refractivity contribution in [2.75, 3.05) is 25.0 Å². The highest BCUT2D eigenvalue weighted by atomic mass is 16.4. The summed E-state index contributed by atoms with van der Waals surface area (Å²) in [7, 11) is 0. The Labute approximate surface area is 157 Å². The first-order valence-electron chi connectivity index (χ1n) is 9.07. The zero-order valence-electron chi connectivity index (χ0n) is 14.9. The molecular formula is C20H21N5O2. The van der Waals surface area contributed by atoms with Crippen LogP contribution in [-0.2, 0) is 0 Å². The lowest BCUT2D eigenvalue weighted by Gasteiger charge is -2.30. The van der Waals surface area contributed by atoms with Gasteiger partial charge in [-0.05, 0) is 43.0 Å². The number of carboxylic acid groups (broad SMARTS) is 1. The molecule has 7 nitrogen and oxygen atoms in total. The maximum atomic E-state index is 11.0. The van der Waals surface area contributed by atoms with Crippen LogP contribution in [0.25, 0.3) is 22.0 Å². The second kappa shape index (κ2) is 7.57. The number of carbonyl (C=O) groups is 1. The summed E-state index contributed by atoms with van der Waals surface area (Å²) >= 11 is 0. The minimum atomic E-state index is -0.827. The maximum absolute atomic E-state index is 11.0. The minimum absolute atomic E-state index is 0.434. The molecule has 0 unspecified atom stereocenters. The van der Waals surface area contributed by atoms with Crippen LogP contribution in [-0.4, -0.2) is 50.7 Å². The van der Waals surface area contributed by atoms with Crippen LogP contribution in [0.3, 0.4) is 0 Å². The van der Waals surface area contributed by atoms with Crippen molar-refractivity contribution < 1.29 is 9.90 Å². The largest absolute Gasteiger partial charge is 0.465 e. The van der Waals surface area contributed by atoms with Crippen LogP contribution in [0.2, 0.25) is 0 Å². The average molecular weight is 363 g/mol. The monoisotopic (exact) mass is 363 g/mol. The fourth-order valence-electron chi connectivity index (χ4n) is 3.47. The Bertz CT molecular complexity index is 940. The molecule has 0 radical (unpaired) electrons. The van der Waals surface area contributed by atoms with Crippen LogP contribution >= 0.6 is 0 Å². The fraction of sp³-hybridized carbons (Fsp3) is 0.300. The van der Waals surface area contributed by atoms with Gasteiger partial charge in [0.1, 0.15) is 5.82 Å². The third kappa shape index (κ3) is 3.81. The number of rotatable bonds is 4. The highest BCUT2D eigenvalue weighted by molar-refractivity contribution is 5.93. The summed E-state index contributed by atoms with van der Waals surface area (Å²) < 4.78 is 0. The third-order valence-corrected chi connectivity index (χ3v) is 5.05. The summed E-state index contributed by atoms with van der Waals surface area (Å²) in [6, 6.07) is 7.88. The summed E-state index contributed by atoms with van der Waals surface area (Å²) in [5.41, 5.74) is 1.88. The van der Waals surface area contributed by atoms with E-state index in [0.717, 1.165) is 47.2 Å². The fourth-order valence-corrected chi connectivity index (χ4v) is 3.47. The van der Waals surface area contributed by atoms with Crippen LogP contribution in [0, 0.1) is 5.92 Å². The first kappa shape index (κ1) is 17.2. The van der Waals surface area contributed by atoms with E-state index in [-0.39, 0.29) is 0 Å². The molecule has 7 heteroatoms. The number of hydrogen-bond acceptors (Lipinski definition) is 5. The van der Waals surface area contributed by atoms with Crippen LogP contribution in [0.4, 0.5) is 10.6 Å². The van der Waals surface area contributed by atoms with E-state index >= 15 is 0 Å². The molecule has 2 N–H and O–H groups in total. The first-order chi connectivity index (χ1) is 13.2. The lowest BCUT2D eigenvalue weighted by Crippen LogP contribution is -2.39. The van der Waals surface area contributed by atoms with Gasteiger partial charge in [-0.2, -0.15) is 0 Å². The van der Waals surface area contributed by atoms with Crippen molar-refractivity contribution in [3.8, 4) is 11.3 Å². The van der Waals surface area contributed by atoms with Crippen molar-refractivity contribution in [1.29, 1.82) is 0 Å². The molecule has 0 spiro atoms. The van der Waals surface area contributed by atoms with Crippen molar-refractivity contribution >= 4 is 22.7 Å². The van der Waals surface area contributed by atoms with Gasteiger partial charge in [0.05, 0.1) is 5.69 Å². The number of nitrogens with one attached hydrogen (secondary N) is 1. The van der Waals surface area contributed by atoms with E-state index in [1.54, 1.807) is 18.6 Å². The van der Waals surface area contributed by atoms with Gasteiger partial charge in [-0.15, -0.1) is 0 Å². The molecule has 0 saturated carbocycles. The Morgan fingerprint density at radius 3 is 2.63 bits per heavy atom. The zero-order valence-corrected chi connectivity index (χ0v) is 14.9. The van der Waals surface area contributed by atoms with Crippen LogP contribution in [0.1, 0.15) is 12.8 Å². The summed E-state index contributed by atoms with van der Waals surface area (Å²) in [6.07, 6.45) is 8.03. The summed E-state index contributed by atoms with van der Waals surface area (Å²) in [6.45, 7) is 1.96. The minimum Gasteiger partial charge on any atom is -0.465 e. The molecule has 27 heavy (non-hydrogen) atoms. The maximum Gasteiger partial charge on any atom is 0.407 e. The van der Waals surface area contributed by atoms with Gasteiger partial charge in [0.25, 0.3) is 0 Å². The summed E-state index contributed by atoms with van der Waals surface area (Å²) in [5.74, 6) is 1.27. The topological polar surface area (TPSA) is 91.2 Å². The van der Waals surface area contributed by atoms with E-state index in [1.807, 2.05) is 30.5 Å². The molecule has 3 aromatic heterocycles. The number of nitrogens with zero attached hydrogens (tertiary/aromatic N) is 4. The molecule has 0 aromatic carbocycles. The van der Waals surface area contributed by atoms with E-state index in [1.165, 1.54) is 4.90 Å². The van der Waals surface area contributed by atoms with Gasteiger partial charge in [-0.1, -0.05) is 0 Å². The summed E-state index contributed by atoms with van der Waals surface area (Å²) in [4.78, 5) is 25.7. The van der Waals surface area contributed by atoms with E-state index in [4.69, 9.17) is 10.1 Å². The molecule has 1 saturated heterocycles. The number of anilines is 1. The van der Waals surface area contributed by atoms with E-state index < -0.39 is 6.09 Å². The number of likely N-dealkylation sites (tertiary alicyclic amines) is 1. The van der Waals surface area contributed by atoms with E-state index in [2.05, 4.69) is 15.3 Å². The van der Waals surface area contributed by atoms with E-state index in [0.29, 0.717) is 19.0 Å². The van der Waals surface area contributed by atoms with Gasteiger partial charge in [0.15, 0.2) is 0 Å². The second-order valence-electron chi connectivity index (χ2n) is 6.78. The van der Waals surface area contributed by atoms with Gasteiger partial charge in [0.2, 0.25) is 0 Å². The molecule has 4 rings (SSSR count). The molecule has 3 aromatic rings. The molecule has 1 aliphatic rings. The average Bonchev–Trinajstić information content (AvgIpc) is 2.72. The van der Waals surface area contributed by atoms with Crippen molar-refractivity contribution in [2.24, 2.45) is 5.92 Å². The lowest BCUT2D eigenvalue weighted by atomic mass is 9.97.